The Balaban J connectivity index is 2.77. The maximum Gasteiger partial charge on any atom is 0.518 e. The lowest BCUT2D eigenvalue weighted by Crippen LogP contribution is -2.47. The Bertz CT molecular complexity index is 484. The zero-order valence-electron chi connectivity index (χ0n) is 14.0. The van der Waals surface area contributed by atoms with Gasteiger partial charge in [-0.3, -0.25) is 0 Å². The van der Waals surface area contributed by atoms with E-state index in [1.807, 2.05) is 0 Å². The number of benzene rings is 1. The summed E-state index contributed by atoms with van der Waals surface area (Å²) < 4.78 is 44.5. The third-order valence-corrected chi connectivity index (χ3v) is 3.56. The largest absolute Gasteiger partial charge is 0.518 e. The second kappa shape index (κ2) is 8.27. The maximum absolute atomic E-state index is 13.2. The molecule has 1 atom stereocenters. The molecule has 3 nitrogen and oxygen atoms in total. The normalized spacial score (nSPS) is 13.3. The van der Waals surface area contributed by atoms with Gasteiger partial charge in [-0.05, 0) is 46.1 Å². The summed E-state index contributed by atoms with van der Waals surface area (Å²) in [4.78, 5) is 13.4. The van der Waals surface area contributed by atoms with Crippen LogP contribution in [0, 0.1) is 0 Å². The van der Waals surface area contributed by atoms with Gasteiger partial charge in [-0.25, -0.2) is 4.79 Å². The minimum Gasteiger partial charge on any atom is -0.476 e. The first kappa shape index (κ1) is 19.4. The average molecular weight is 330 g/mol. The number of halogens is 3. The molecule has 1 aromatic carbocycles. The summed E-state index contributed by atoms with van der Waals surface area (Å²) >= 11 is 0. The fourth-order valence-electron chi connectivity index (χ4n) is 2.49. The van der Waals surface area contributed by atoms with Crippen LogP contribution in [0.25, 0.3) is 0 Å². The molecule has 130 valence electrons. The Kier molecular flexibility index (Phi) is 6.97. The second-order valence-corrected chi connectivity index (χ2v) is 6.17. The summed E-state index contributed by atoms with van der Waals surface area (Å²) in [5, 5.41) is 0. The summed E-state index contributed by atoms with van der Waals surface area (Å²) in [6.07, 6.45) is -0.959. The molecule has 0 spiro atoms. The van der Waals surface area contributed by atoms with E-state index in [4.69, 9.17) is 4.74 Å². The van der Waals surface area contributed by atoms with Crippen LogP contribution in [0.2, 0.25) is 0 Å². The van der Waals surface area contributed by atoms with Gasteiger partial charge in [-0.15, -0.1) is 0 Å². The first-order valence-corrected chi connectivity index (χ1v) is 7.85. The number of nitrogens with zero attached hydrogens (tertiary/aromatic N) is 1. The Labute approximate surface area is 135 Å². The van der Waals surface area contributed by atoms with E-state index >= 15 is 0 Å². The minimum absolute atomic E-state index is 0.212. The van der Waals surface area contributed by atoms with E-state index in [0.29, 0.717) is 0 Å². The van der Waals surface area contributed by atoms with Crippen LogP contribution in [0.3, 0.4) is 0 Å². The van der Waals surface area contributed by atoms with Gasteiger partial charge in [0.2, 0.25) is 0 Å². The molecule has 7 heteroatoms. The van der Waals surface area contributed by atoms with E-state index in [9.17, 15) is 17.7 Å². The summed E-state index contributed by atoms with van der Waals surface area (Å²) in [6.45, 7) is 1.74. The van der Waals surface area contributed by atoms with Gasteiger partial charge in [0, 0.05) is 12.1 Å². The molecule has 0 fully saturated rings. The fraction of sp³-hybridized carbons (Fsp3) is 0.562. The van der Waals surface area contributed by atoms with Gasteiger partial charge in [0.15, 0.2) is 0 Å². The van der Waals surface area contributed by atoms with Crippen molar-refractivity contribution in [3.05, 3.63) is 35.9 Å². The first-order chi connectivity index (χ1) is 10.6. The van der Waals surface area contributed by atoms with Crippen molar-refractivity contribution in [1.82, 2.24) is 4.90 Å². The molecule has 0 saturated carbocycles. The van der Waals surface area contributed by atoms with Crippen molar-refractivity contribution >= 4 is 13.1 Å². The van der Waals surface area contributed by atoms with Crippen molar-refractivity contribution in [2.75, 3.05) is 0 Å². The zero-order valence-corrected chi connectivity index (χ0v) is 14.0. The van der Waals surface area contributed by atoms with Crippen LogP contribution in [0.5, 0.6) is 0 Å². The van der Waals surface area contributed by atoms with Crippen LogP contribution in [-0.2, 0) is 11.2 Å². The van der Waals surface area contributed by atoms with E-state index in [-0.39, 0.29) is 24.9 Å². The molecule has 0 radical (unpaired) electrons. The van der Waals surface area contributed by atoms with Crippen molar-refractivity contribution in [3.8, 4) is 0 Å². The second-order valence-electron chi connectivity index (χ2n) is 6.17. The molecule has 1 amide bonds. The van der Waals surface area contributed by atoms with Gasteiger partial charge in [0.1, 0.15) is 0 Å². The van der Waals surface area contributed by atoms with E-state index in [1.165, 1.54) is 4.90 Å². The molecule has 0 bridgehead atoms. The Morgan fingerprint density at radius 3 is 2.04 bits per heavy atom. The fourth-order valence-corrected chi connectivity index (χ4v) is 2.49. The van der Waals surface area contributed by atoms with Gasteiger partial charge >= 0.3 is 13.1 Å². The van der Waals surface area contributed by atoms with Crippen LogP contribution in [-0.4, -0.2) is 36.1 Å². The van der Waals surface area contributed by atoms with Gasteiger partial charge < -0.3 is 22.6 Å². The van der Waals surface area contributed by atoms with Crippen molar-refractivity contribution in [3.63, 3.8) is 0 Å². The molecule has 0 heterocycles. The number of carbonyl (C=O) groups excluding carboxylic acids is 1. The predicted molar refractivity (Wildman–Crippen MR) is 86.2 cm³/mol. The first-order valence-electron chi connectivity index (χ1n) is 7.85. The van der Waals surface area contributed by atoms with Gasteiger partial charge in [-0.2, -0.15) is 0 Å². The van der Waals surface area contributed by atoms with Crippen molar-refractivity contribution < 1.29 is 22.5 Å². The molecule has 1 rings (SSSR count). The molecule has 1 aromatic rings. The minimum atomic E-state index is -5.26. The Hall–Kier alpha value is -1.66. The van der Waals surface area contributed by atoms with Crippen molar-refractivity contribution in [2.45, 2.75) is 58.6 Å². The van der Waals surface area contributed by atoms with E-state index in [2.05, 4.69) is 0 Å². The van der Waals surface area contributed by atoms with Crippen LogP contribution < -0.4 is 0 Å². The van der Waals surface area contributed by atoms with E-state index in [1.54, 1.807) is 58.0 Å². The summed E-state index contributed by atoms with van der Waals surface area (Å²) in [7, 11) is 0. The van der Waals surface area contributed by atoms with Crippen LogP contribution in [0.4, 0.5) is 17.7 Å². The lowest BCUT2D eigenvalue weighted by Gasteiger charge is -2.34. The van der Waals surface area contributed by atoms with E-state index in [0.717, 1.165) is 5.56 Å². The highest BCUT2D eigenvalue weighted by molar-refractivity contribution is 6.60. The molecule has 0 saturated heterocycles. The van der Waals surface area contributed by atoms with Crippen molar-refractivity contribution in [1.29, 1.82) is 0 Å². The number of hydrogen-bond donors (Lipinski definition) is 0. The molecule has 1 unspecified atom stereocenters. The highest BCUT2D eigenvalue weighted by Crippen LogP contribution is 2.23. The molecular formula is C16H24BF3NO2-. The third-order valence-electron chi connectivity index (χ3n) is 3.56. The molecule has 23 heavy (non-hydrogen) atoms. The maximum atomic E-state index is 13.2. The Morgan fingerprint density at radius 1 is 1.09 bits per heavy atom. The predicted octanol–water partition coefficient (Wildman–Crippen LogP) is 4.63. The standard InChI is InChI=1S/C16H24BF3NO2/c1-12(2)21(13(3)4)16(22)23-15(17(18,19)20)11-10-14-8-6-5-7-9-14/h5-9,12-13,15H,10-11H2,1-4H3/q-1. The quantitative estimate of drug-likeness (QED) is 0.682. The number of hydrogen-bond acceptors (Lipinski definition) is 2. The van der Waals surface area contributed by atoms with Gasteiger partial charge in [0.25, 0.3) is 0 Å². The van der Waals surface area contributed by atoms with Crippen LogP contribution in [0.15, 0.2) is 30.3 Å². The van der Waals surface area contributed by atoms with Gasteiger partial charge in [-0.1, -0.05) is 30.3 Å². The van der Waals surface area contributed by atoms with Gasteiger partial charge in [0.05, 0.1) is 6.00 Å². The molecular weight excluding hydrogens is 306 g/mol. The Morgan fingerprint density at radius 2 is 1.61 bits per heavy atom. The molecule has 0 aromatic heterocycles. The number of amides is 1. The lowest BCUT2D eigenvalue weighted by atomic mass is 9.78. The molecule has 0 aliphatic rings. The molecule has 0 aliphatic carbocycles. The number of aryl methyl sites for hydroxylation is 1. The summed E-state index contributed by atoms with van der Waals surface area (Å²) in [5.74, 6) is 0. The summed E-state index contributed by atoms with van der Waals surface area (Å²) in [5.41, 5.74) is 0.790. The SMILES string of the molecule is CC(C)N(C(=O)OC(CCc1ccccc1)[B-](F)(F)F)C(C)C. The third kappa shape index (κ3) is 6.16. The van der Waals surface area contributed by atoms with Crippen LogP contribution in [0.1, 0.15) is 39.7 Å². The van der Waals surface area contributed by atoms with Crippen molar-refractivity contribution in [2.24, 2.45) is 0 Å². The monoisotopic (exact) mass is 330 g/mol. The molecule has 0 N–H and O–H groups in total. The smallest absolute Gasteiger partial charge is 0.476 e. The number of carbonyl (C=O) groups is 1. The lowest BCUT2D eigenvalue weighted by molar-refractivity contribution is 0.0535. The number of rotatable bonds is 7. The number of ether oxygens (including phenoxy) is 1. The topological polar surface area (TPSA) is 29.5 Å². The highest BCUT2D eigenvalue weighted by atomic mass is 19.4. The molecule has 0 aliphatic heterocycles. The van der Waals surface area contributed by atoms with E-state index < -0.39 is 19.1 Å². The average Bonchev–Trinajstić information content (AvgIpc) is 2.42. The van der Waals surface area contributed by atoms with Crippen LogP contribution >= 0.6 is 0 Å². The zero-order chi connectivity index (χ0) is 17.6. The highest BCUT2D eigenvalue weighted by Gasteiger charge is 2.39. The summed E-state index contributed by atoms with van der Waals surface area (Å²) in [6, 6.07) is 6.38.